The van der Waals surface area contributed by atoms with E-state index in [1.165, 1.54) is 0 Å². The van der Waals surface area contributed by atoms with Crippen LogP contribution in [-0.4, -0.2) is 17.5 Å². The van der Waals surface area contributed by atoms with Crippen molar-refractivity contribution < 1.29 is 14.3 Å². The molecule has 2 aliphatic heterocycles. The van der Waals surface area contributed by atoms with Crippen LogP contribution in [0.15, 0.2) is 48.5 Å². The lowest BCUT2D eigenvalue weighted by Gasteiger charge is -2.46. The number of benzene rings is 2. The van der Waals surface area contributed by atoms with Crippen molar-refractivity contribution in [3.05, 3.63) is 59.7 Å². The van der Waals surface area contributed by atoms with Gasteiger partial charge in [0.2, 0.25) is 11.8 Å². The van der Waals surface area contributed by atoms with Crippen molar-refractivity contribution in [3.8, 4) is 5.75 Å². The molecule has 4 rings (SSSR count). The number of hydrogen-bond donors (Lipinski definition) is 2. The maximum Gasteiger partial charge on any atom is 0.237 e. The first-order chi connectivity index (χ1) is 12.0. The molecule has 0 unspecified atom stereocenters. The Morgan fingerprint density at radius 2 is 1.92 bits per heavy atom. The van der Waals surface area contributed by atoms with Crippen LogP contribution in [0.5, 0.6) is 5.75 Å². The van der Waals surface area contributed by atoms with E-state index in [0.29, 0.717) is 6.42 Å². The Bertz CT molecular complexity index is 864. The quantitative estimate of drug-likeness (QED) is 0.829. The van der Waals surface area contributed by atoms with Crippen LogP contribution in [0.4, 0.5) is 5.69 Å². The van der Waals surface area contributed by atoms with Gasteiger partial charge in [0.15, 0.2) is 5.72 Å². The van der Waals surface area contributed by atoms with Gasteiger partial charge < -0.3 is 15.4 Å². The number of amides is 2. The fraction of sp³-hybridized carbons (Fsp3) is 0.300. The Hall–Kier alpha value is -2.82. The molecule has 2 aliphatic rings. The van der Waals surface area contributed by atoms with Crippen LogP contribution in [0.1, 0.15) is 30.4 Å². The van der Waals surface area contributed by atoms with Crippen LogP contribution in [0.25, 0.3) is 0 Å². The fourth-order valence-corrected chi connectivity index (χ4v) is 3.81. The predicted octanol–water partition coefficient (Wildman–Crippen LogP) is 2.96. The molecule has 5 nitrogen and oxygen atoms in total. The molecule has 0 aliphatic carbocycles. The van der Waals surface area contributed by atoms with E-state index < -0.39 is 11.6 Å². The summed E-state index contributed by atoms with van der Waals surface area (Å²) in [6.07, 6.45) is 0.571. The van der Waals surface area contributed by atoms with Crippen molar-refractivity contribution >= 4 is 17.5 Å². The monoisotopic (exact) mass is 336 g/mol. The molecule has 25 heavy (non-hydrogen) atoms. The molecule has 2 amide bonds. The van der Waals surface area contributed by atoms with Gasteiger partial charge >= 0.3 is 0 Å². The molecule has 128 valence electrons. The van der Waals surface area contributed by atoms with Crippen molar-refractivity contribution in [2.75, 3.05) is 5.32 Å². The number of nitrogens with one attached hydrogen (secondary N) is 2. The van der Waals surface area contributed by atoms with Crippen LogP contribution in [0.2, 0.25) is 0 Å². The average molecular weight is 336 g/mol. The van der Waals surface area contributed by atoms with Gasteiger partial charge in [0.05, 0.1) is 0 Å². The number of carbonyl (C=O) groups excluding carboxylic acids is 2. The summed E-state index contributed by atoms with van der Waals surface area (Å²) in [5.74, 6) is -0.824. The summed E-state index contributed by atoms with van der Waals surface area (Å²) in [7, 11) is 0. The number of carbonyl (C=O) groups is 2. The van der Waals surface area contributed by atoms with E-state index in [1.54, 1.807) is 0 Å². The molecule has 0 radical (unpaired) electrons. The number of piperidine rings is 1. The standard InChI is InChI=1S/C20H20N2O3/c1-12-7-3-5-9-15(12)21-18(23)17-14-11-20(2,22-19(17)24)25-16-10-6-4-8-13(14)16/h3-10,14,17H,11H2,1-2H3,(H,21,23)(H,22,24)/t14-,17+,20+/m1/s1. The number of para-hydroxylation sites is 2. The van der Waals surface area contributed by atoms with E-state index in [0.717, 1.165) is 22.6 Å². The largest absolute Gasteiger partial charge is 0.468 e. The Morgan fingerprint density at radius 1 is 1.20 bits per heavy atom. The SMILES string of the molecule is Cc1ccccc1NC(=O)[C@H]1C(=O)N[C@]2(C)C[C@@H]1c1ccccc1O2. The predicted molar refractivity (Wildman–Crippen MR) is 94.3 cm³/mol. The Balaban J connectivity index is 1.69. The minimum absolute atomic E-state index is 0.201. The first kappa shape index (κ1) is 15.7. The van der Waals surface area contributed by atoms with E-state index in [9.17, 15) is 9.59 Å². The molecule has 0 saturated carbocycles. The third kappa shape index (κ3) is 2.65. The van der Waals surface area contributed by atoms with Gasteiger partial charge in [-0.1, -0.05) is 36.4 Å². The van der Waals surface area contributed by atoms with Crippen molar-refractivity contribution in [1.82, 2.24) is 5.32 Å². The highest BCUT2D eigenvalue weighted by molar-refractivity contribution is 6.08. The molecule has 2 aromatic rings. The topological polar surface area (TPSA) is 67.4 Å². The van der Waals surface area contributed by atoms with E-state index in [2.05, 4.69) is 10.6 Å². The fourth-order valence-electron chi connectivity index (χ4n) is 3.81. The Morgan fingerprint density at radius 3 is 2.72 bits per heavy atom. The number of ether oxygens (including phenoxy) is 1. The summed E-state index contributed by atoms with van der Waals surface area (Å²) in [5.41, 5.74) is 1.84. The summed E-state index contributed by atoms with van der Waals surface area (Å²) in [4.78, 5) is 25.6. The molecule has 1 saturated heterocycles. The first-order valence-electron chi connectivity index (χ1n) is 8.43. The van der Waals surface area contributed by atoms with Gasteiger partial charge in [-0.3, -0.25) is 9.59 Å². The highest BCUT2D eigenvalue weighted by Crippen LogP contribution is 2.46. The summed E-state index contributed by atoms with van der Waals surface area (Å²) in [6, 6.07) is 15.2. The van der Waals surface area contributed by atoms with Gasteiger partial charge in [0, 0.05) is 18.0 Å². The second kappa shape index (κ2) is 5.62. The Labute approximate surface area is 146 Å². The molecule has 5 heteroatoms. The van der Waals surface area contributed by atoms with E-state index in [4.69, 9.17) is 4.74 Å². The second-order valence-corrected chi connectivity index (χ2v) is 6.95. The minimum Gasteiger partial charge on any atom is -0.468 e. The van der Waals surface area contributed by atoms with Crippen LogP contribution in [-0.2, 0) is 9.59 Å². The van der Waals surface area contributed by atoms with Gasteiger partial charge in [-0.05, 0) is 37.1 Å². The van der Waals surface area contributed by atoms with Crippen LogP contribution in [0.3, 0.4) is 0 Å². The van der Waals surface area contributed by atoms with Crippen molar-refractivity contribution in [1.29, 1.82) is 0 Å². The highest BCUT2D eigenvalue weighted by atomic mass is 16.5. The van der Waals surface area contributed by atoms with Gasteiger partial charge in [0.1, 0.15) is 11.7 Å². The van der Waals surface area contributed by atoms with E-state index in [-0.39, 0.29) is 17.7 Å². The molecule has 2 heterocycles. The normalized spacial score (nSPS) is 26.9. The molecule has 2 bridgehead atoms. The molecule has 2 aromatic carbocycles. The lowest BCUT2D eigenvalue weighted by molar-refractivity contribution is -0.145. The number of aryl methyl sites for hydroxylation is 1. The van der Waals surface area contributed by atoms with Gasteiger partial charge in [-0.15, -0.1) is 0 Å². The summed E-state index contributed by atoms with van der Waals surface area (Å²) >= 11 is 0. The average Bonchev–Trinajstić information content (AvgIpc) is 2.56. The molecular formula is C20H20N2O3. The zero-order valence-corrected chi connectivity index (χ0v) is 14.2. The maximum absolute atomic E-state index is 12.9. The van der Waals surface area contributed by atoms with E-state index >= 15 is 0 Å². The Kier molecular flexibility index (Phi) is 3.53. The molecule has 0 aromatic heterocycles. The highest BCUT2D eigenvalue weighted by Gasteiger charge is 2.51. The van der Waals surface area contributed by atoms with Crippen molar-refractivity contribution in [2.45, 2.75) is 31.9 Å². The molecule has 0 spiro atoms. The number of rotatable bonds is 2. The van der Waals surface area contributed by atoms with Crippen molar-refractivity contribution in [3.63, 3.8) is 0 Å². The lowest BCUT2D eigenvalue weighted by atomic mass is 9.74. The van der Waals surface area contributed by atoms with Crippen molar-refractivity contribution in [2.24, 2.45) is 5.92 Å². The third-order valence-corrected chi connectivity index (χ3v) is 5.02. The second-order valence-electron chi connectivity index (χ2n) is 6.95. The van der Waals surface area contributed by atoms with Crippen LogP contribution in [0, 0.1) is 12.8 Å². The molecular weight excluding hydrogens is 316 g/mol. The number of hydrogen-bond acceptors (Lipinski definition) is 3. The summed E-state index contributed by atoms with van der Waals surface area (Å²) in [5, 5.41) is 5.79. The molecule has 2 N–H and O–H groups in total. The number of anilines is 1. The lowest BCUT2D eigenvalue weighted by Crippen LogP contribution is -2.62. The third-order valence-electron chi connectivity index (χ3n) is 5.02. The number of fused-ring (bicyclic) bond motifs is 4. The van der Waals surface area contributed by atoms with Crippen LogP contribution >= 0.6 is 0 Å². The van der Waals surface area contributed by atoms with Gasteiger partial charge in [-0.2, -0.15) is 0 Å². The maximum atomic E-state index is 12.9. The van der Waals surface area contributed by atoms with Gasteiger partial charge in [-0.25, -0.2) is 0 Å². The van der Waals surface area contributed by atoms with E-state index in [1.807, 2.05) is 62.4 Å². The zero-order valence-electron chi connectivity index (χ0n) is 14.2. The summed E-state index contributed by atoms with van der Waals surface area (Å²) < 4.78 is 5.96. The minimum atomic E-state index is -0.780. The smallest absolute Gasteiger partial charge is 0.237 e. The summed E-state index contributed by atoms with van der Waals surface area (Å²) in [6.45, 7) is 3.78. The molecule has 1 fully saturated rings. The van der Waals surface area contributed by atoms with Crippen LogP contribution < -0.4 is 15.4 Å². The first-order valence-corrected chi connectivity index (χ1v) is 8.43. The zero-order chi connectivity index (χ0) is 17.6. The van der Waals surface area contributed by atoms with Gasteiger partial charge in [0.25, 0.3) is 0 Å². The molecule has 3 atom stereocenters.